The number of rotatable bonds is 5. The Hall–Kier alpha value is -3.26. The van der Waals surface area contributed by atoms with E-state index < -0.39 is 17.1 Å². The number of thioether (sulfide) groups is 1. The third kappa shape index (κ3) is 4.29. The zero-order valence-electron chi connectivity index (χ0n) is 14.3. The first-order valence-electron chi connectivity index (χ1n) is 7.95. The van der Waals surface area contributed by atoms with Gasteiger partial charge in [0.05, 0.1) is 12.0 Å². The Bertz CT molecular complexity index is 927. The van der Waals surface area contributed by atoms with Crippen LogP contribution in [0.4, 0.5) is 10.5 Å². The van der Waals surface area contributed by atoms with E-state index in [1.807, 2.05) is 6.07 Å². The quantitative estimate of drug-likeness (QED) is 0.769. The largest absolute Gasteiger partial charge is 0.504 e. The second kappa shape index (κ2) is 7.96. The number of imide groups is 1. The Labute approximate surface area is 159 Å². The number of anilines is 1. The Morgan fingerprint density at radius 1 is 1.22 bits per heavy atom. The van der Waals surface area contributed by atoms with Crippen molar-refractivity contribution >= 4 is 40.6 Å². The summed E-state index contributed by atoms with van der Waals surface area (Å²) in [5.41, 5.74) is 1.17. The van der Waals surface area contributed by atoms with Crippen LogP contribution in [-0.2, 0) is 9.59 Å². The van der Waals surface area contributed by atoms with Gasteiger partial charge in [0.15, 0.2) is 11.5 Å². The van der Waals surface area contributed by atoms with Crippen LogP contribution in [0.3, 0.4) is 0 Å². The zero-order valence-corrected chi connectivity index (χ0v) is 15.2. The van der Waals surface area contributed by atoms with Crippen molar-refractivity contribution in [3.63, 3.8) is 0 Å². The summed E-state index contributed by atoms with van der Waals surface area (Å²) in [6.07, 6.45) is 1.52. The minimum atomic E-state index is -0.541. The van der Waals surface area contributed by atoms with Gasteiger partial charge in [-0.1, -0.05) is 24.3 Å². The van der Waals surface area contributed by atoms with Crippen LogP contribution >= 0.6 is 11.8 Å². The van der Waals surface area contributed by atoms with Gasteiger partial charge in [0.25, 0.3) is 11.1 Å². The molecule has 7 nitrogen and oxygen atoms in total. The summed E-state index contributed by atoms with van der Waals surface area (Å²) in [6.45, 7) is -0.365. The number of phenolic OH excluding ortho intramolecular Hbond substituents is 1. The second-order valence-electron chi connectivity index (χ2n) is 5.61. The van der Waals surface area contributed by atoms with Gasteiger partial charge in [0.2, 0.25) is 5.91 Å². The van der Waals surface area contributed by atoms with Gasteiger partial charge >= 0.3 is 0 Å². The topological polar surface area (TPSA) is 95.9 Å². The van der Waals surface area contributed by atoms with E-state index in [1.165, 1.54) is 19.3 Å². The van der Waals surface area contributed by atoms with Gasteiger partial charge in [-0.2, -0.15) is 0 Å². The molecule has 8 heteroatoms. The first-order valence-corrected chi connectivity index (χ1v) is 8.77. The molecule has 0 aromatic heterocycles. The molecule has 0 bridgehead atoms. The number of carbonyl (C=O) groups excluding carboxylic acids is 3. The van der Waals surface area contributed by atoms with Crippen LogP contribution < -0.4 is 10.1 Å². The molecule has 0 aliphatic carbocycles. The first kappa shape index (κ1) is 18.5. The van der Waals surface area contributed by atoms with Gasteiger partial charge in [-0.3, -0.25) is 19.3 Å². The van der Waals surface area contributed by atoms with E-state index in [1.54, 1.807) is 36.4 Å². The van der Waals surface area contributed by atoms with Crippen molar-refractivity contribution in [2.75, 3.05) is 19.0 Å². The highest BCUT2D eigenvalue weighted by Crippen LogP contribution is 2.34. The molecule has 0 spiro atoms. The Kier molecular flexibility index (Phi) is 5.46. The second-order valence-corrected chi connectivity index (χ2v) is 6.61. The third-order valence-corrected chi connectivity index (χ3v) is 4.64. The molecule has 138 valence electrons. The summed E-state index contributed by atoms with van der Waals surface area (Å²) < 4.78 is 5.03. The molecule has 0 unspecified atom stereocenters. The van der Waals surface area contributed by atoms with Crippen molar-refractivity contribution < 1.29 is 24.2 Å². The lowest BCUT2D eigenvalue weighted by atomic mass is 10.2. The Morgan fingerprint density at radius 2 is 1.96 bits per heavy atom. The number of nitrogens with zero attached hydrogens (tertiary/aromatic N) is 1. The van der Waals surface area contributed by atoms with E-state index in [4.69, 9.17) is 4.74 Å². The number of aromatic hydroxyl groups is 1. The molecule has 2 aromatic carbocycles. The molecule has 1 heterocycles. The average Bonchev–Trinajstić information content (AvgIpc) is 2.91. The molecule has 1 aliphatic heterocycles. The van der Waals surface area contributed by atoms with Crippen molar-refractivity contribution in [2.45, 2.75) is 0 Å². The predicted molar refractivity (Wildman–Crippen MR) is 102 cm³/mol. The fourth-order valence-corrected chi connectivity index (χ4v) is 3.28. The van der Waals surface area contributed by atoms with E-state index in [9.17, 15) is 19.5 Å². The first-order chi connectivity index (χ1) is 13.0. The molecule has 0 radical (unpaired) electrons. The van der Waals surface area contributed by atoms with Gasteiger partial charge in [-0.25, -0.2) is 0 Å². The van der Waals surface area contributed by atoms with Crippen LogP contribution in [0.2, 0.25) is 0 Å². The molecule has 1 saturated heterocycles. The maximum Gasteiger partial charge on any atom is 0.294 e. The van der Waals surface area contributed by atoms with Gasteiger partial charge < -0.3 is 15.2 Å². The average molecular weight is 384 g/mol. The van der Waals surface area contributed by atoms with Crippen molar-refractivity contribution in [2.24, 2.45) is 0 Å². The van der Waals surface area contributed by atoms with Crippen LogP contribution in [0, 0.1) is 0 Å². The highest BCUT2D eigenvalue weighted by atomic mass is 32.2. The third-order valence-electron chi connectivity index (χ3n) is 3.73. The molecule has 1 aliphatic rings. The summed E-state index contributed by atoms with van der Waals surface area (Å²) >= 11 is 0.758. The number of nitrogens with one attached hydrogen (secondary N) is 1. The summed E-state index contributed by atoms with van der Waals surface area (Å²) in [5, 5.41) is 11.8. The van der Waals surface area contributed by atoms with Gasteiger partial charge in [-0.15, -0.1) is 0 Å². The summed E-state index contributed by atoms with van der Waals surface area (Å²) in [6, 6.07) is 13.3. The fraction of sp³-hybridized carbons (Fsp3) is 0.105. The molecule has 2 aromatic rings. The fourth-order valence-electron chi connectivity index (χ4n) is 2.44. The number of ether oxygens (including phenoxy) is 1. The lowest BCUT2D eigenvalue weighted by Gasteiger charge is -2.12. The lowest BCUT2D eigenvalue weighted by molar-refractivity contribution is -0.127. The highest BCUT2D eigenvalue weighted by Gasteiger charge is 2.36. The highest BCUT2D eigenvalue weighted by molar-refractivity contribution is 8.18. The summed E-state index contributed by atoms with van der Waals surface area (Å²) in [4.78, 5) is 37.8. The minimum Gasteiger partial charge on any atom is -0.504 e. The molecule has 0 atom stereocenters. The Morgan fingerprint density at radius 3 is 2.67 bits per heavy atom. The summed E-state index contributed by atoms with van der Waals surface area (Å²) in [5.74, 6) is -0.776. The number of para-hydroxylation sites is 1. The standard InChI is InChI=1S/C19H16N2O5S/c1-26-15-9-12(7-8-14(15)22)10-16-18(24)21(19(25)27-16)11-17(23)20-13-5-3-2-4-6-13/h2-10,22H,11H2,1H3,(H,20,23)/b16-10+. The van der Waals surface area contributed by atoms with Crippen molar-refractivity contribution in [1.82, 2.24) is 4.90 Å². The monoisotopic (exact) mass is 384 g/mol. The number of benzene rings is 2. The van der Waals surface area contributed by atoms with Crippen molar-refractivity contribution in [3.8, 4) is 11.5 Å². The molecule has 2 N–H and O–H groups in total. The van der Waals surface area contributed by atoms with Crippen molar-refractivity contribution in [1.29, 1.82) is 0 Å². The van der Waals surface area contributed by atoms with Crippen LogP contribution in [0.15, 0.2) is 53.4 Å². The predicted octanol–water partition coefficient (Wildman–Crippen LogP) is 3.08. The molecule has 3 rings (SSSR count). The number of hydrogen-bond donors (Lipinski definition) is 2. The number of carbonyl (C=O) groups is 3. The molecule has 1 fully saturated rings. The molecule has 0 saturated carbocycles. The van der Waals surface area contributed by atoms with E-state index in [2.05, 4.69) is 5.32 Å². The van der Waals surface area contributed by atoms with Crippen molar-refractivity contribution in [3.05, 3.63) is 59.0 Å². The van der Waals surface area contributed by atoms with Crippen LogP contribution in [0.1, 0.15) is 5.56 Å². The Balaban J connectivity index is 1.72. The van der Waals surface area contributed by atoms with E-state index >= 15 is 0 Å². The zero-order chi connectivity index (χ0) is 19.4. The van der Waals surface area contributed by atoms with E-state index in [0.29, 0.717) is 11.3 Å². The number of phenols is 1. The maximum atomic E-state index is 12.5. The molecule has 27 heavy (non-hydrogen) atoms. The minimum absolute atomic E-state index is 0.0275. The van der Waals surface area contributed by atoms with Gasteiger partial charge in [-0.05, 0) is 47.7 Å². The van der Waals surface area contributed by atoms with Crippen LogP contribution in [0.25, 0.3) is 6.08 Å². The normalized spacial score (nSPS) is 15.3. The number of amides is 3. The van der Waals surface area contributed by atoms with Crippen LogP contribution in [0.5, 0.6) is 11.5 Å². The van der Waals surface area contributed by atoms with E-state index in [0.717, 1.165) is 16.7 Å². The molecule has 3 amide bonds. The lowest BCUT2D eigenvalue weighted by Crippen LogP contribution is -2.36. The summed E-state index contributed by atoms with van der Waals surface area (Å²) in [7, 11) is 1.41. The molecular weight excluding hydrogens is 368 g/mol. The van der Waals surface area contributed by atoms with Crippen LogP contribution in [-0.4, -0.2) is 40.7 Å². The smallest absolute Gasteiger partial charge is 0.294 e. The van der Waals surface area contributed by atoms with Gasteiger partial charge in [0, 0.05) is 5.69 Å². The molecular formula is C19H16N2O5S. The van der Waals surface area contributed by atoms with Gasteiger partial charge in [0.1, 0.15) is 6.54 Å². The maximum absolute atomic E-state index is 12.5. The van der Waals surface area contributed by atoms with E-state index in [-0.39, 0.29) is 22.9 Å². The SMILES string of the molecule is COc1cc(/C=C2/SC(=O)N(CC(=O)Nc3ccccc3)C2=O)ccc1O. The number of hydrogen-bond acceptors (Lipinski definition) is 6. The number of methoxy groups -OCH3 is 1.